The Labute approximate surface area is 244 Å². The minimum atomic E-state index is -3.60. The average molecular weight is 600 g/mol. The highest BCUT2D eigenvalue weighted by Crippen LogP contribution is 2.30. The van der Waals surface area contributed by atoms with E-state index in [1.807, 2.05) is 48.5 Å². The molecule has 1 amide bonds. The van der Waals surface area contributed by atoms with Crippen molar-refractivity contribution in [3.63, 3.8) is 0 Å². The van der Waals surface area contributed by atoms with Crippen molar-refractivity contribution in [2.45, 2.75) is 25.0 Å². The smallest absolute Gasteiger partial charge is 0.414 e. The van der Waals surface area contributed by atoms with Crippen LogP contribution in [0, 0.1) is 0 Å². The van der Waals surface area contributed by atoms with Crippen LogP contribution in [-0.4, -0.2) is 79.0 Å². The number of nitrogens with zero attached hydrogens (tertiary/aromatic N) is 2. The van der Waals surface area contributed by atoms with Crippen molar-refractivity contribution in [3.05, 3.63) is 83.9 Å². The topological polar surface area (TPSA) is 163 Å². The SMILES string of the molecule is COc1ccc(CN2CCN(S(=O)(=O)c3ccc(NC(C)=O)cc3)CC2)cc1OCc1ccccc1.O=C(O)C(=O)O. The van der Waals surface area contributed by atoms with Crippen LogP contribution < -0.4 is 14.8 Å². The molecule has 1 saturated heterocycles. The molecule has 1 heterocycles. The third-order valence-electron chi connectivity index (χ3n) is 6.20. The van der Waals surface area contributed by atoms with Crippen molar-refractivity contribution in [2.24, 2.45) is 0 Å². The number of hydrogen-bond donors (Lipinski definition) is 3. The first-order valence-electron chi connectivity index (χ1n) is 12.9. The number of hydrogen-bond acceptors (Lipinski definition) is 8. The maximum atomic E-state index is 13.1. The molecule has 3 aromatic carbocycles. The minimum Gasteiger partial charge on any atom is -0.493 e. The van der Waals surface area contributed by atoms with E-state index in [1.165, 1.54) is 23.4 Å². The molecule has 0 unspecified atom stereocenters. The highest BCUT2D eigenvalue weighted by molar-refractivity contribution is 7.89. The zero-order valence-corrected chi connectivity index (χ0v) is 24.0. The molecule has 1 fully saturated rings. The number of carbonyl (C=O) groups excluding carboxylic acids is 1. The first-order chi connectivity index (χ1) is 20.0. The number of rotatable bonds is 9. The van der Waals surface area contributed by atoms with Gasteiger partial charge in [0.1, 0.15) is 6.61 Å². The summed E-state index contributed by atoms with van der Waals surface area (Å²) in [6.07, 6.45) is 0. The van der Waals surface area contributed by atoms with Crippen LogP contribution in [0.15, 0.2) is 77.7 Å². The van der Waals surface area contributed by atoms with Crippen LogP contribution in [0.25, 0.3) is 0 Å². The van der Waals surface area contributed by atoms with Gasteiger partial charge in [-0.05, 0) is 47.5 Å². The molecule has 3 aromatic rings. The van der Waals surface area contributed by atoms with Gasteiger partial charge in [-0.15, -0.1) is 0 Å². The van der Waals surface area contributed by atoms with Crippen LogP contribution in [-0.2, 0) is 37.6 Å². The molecule has 0 atom stereocenters. The zero-order chi connectivity index (χ0) is 30.7. The molecule has 0 bridgehead atoms. The average Bonchev–Trinajstić information content (AvgIpc) is 2.97. The van der Waals surface area contributed by atoms with Crippen LogP contribution in [0.3, 0.4) is 0 Å². The number of amides is 1. The number of aliphatic carboxylic acids is 2. The van der Waals surface area contributed by atoms with E-state index in [9.17, 15) is 13.2 Å². The van der Waals surface area contributed by atoms with Crippen LogP contribution in [0.4, 0.5) is 5.69 Å². The Balaban J connectivity index is 0.000000730. The van der Waals surface area contributed by atoms with Gasteiger partial charge in [-0.3, -0.25) is 9.69 Å². The van der Waals surface area contributed by atoms with E-state index in [4.69, 9.17) is 29.3 Å². The number of methoxy groups -OCH3 is 1. The first-order valence-corrected chi connectivity index (χ1v) is 14.3. The Morgan fingerprint density at radius 1 is 0.833 bits per heavy atom. The fourth-order valence-electron chi connectivity index (χ4n) is 4.12. The fraction of sp³-hybridized carbons (Fsp3) is 0.276. The molecule has 0 radical (unpaired) electrons. The number of sulfonamides is 1. The Morgan fingerprint density at radius 3 is 2.00 bits per heavy atom. The van der Waals surface area contributed by atoms with Crippen molar-refractivity contribution in [1.29, 1.82) is 0 Å². The molecule has 12 nitrogen and oxygen atoms in total. The van der Waals surface area contributed by atoms with Gasteiger partial charge in [-0.25, -0.2) is 18.0 Å². The molecule has 3 N–H and O–H groups in total. The van der Waals surface area contributed by atoms with Crippen molar-refractivity contribution >= 4 is 33.6 Å². The molecule has 224 valence electrons. The summed E-state index contributed by atoms with van der Waals surface area (Å²) in [5, 5.41) is 17.4. The Morgan fingerprint density at radius 2 is 1.45 bits per heavy atom. The van der Waals surface area contributed by atoms with Crippen LogP contribution >= 0.6 is 0 Å². The lowest BCUT2D eigenvalue weighted by Gasteiger charge is -2.34. The number of nitrogens with one attached hydrogen (secondary N) is 1. The monoisotopic (exact) mass is 599 g/mol. The van der Waals surface area contributed by atoms with Crippen LogP contribution in [0.1, 0.15) is 18.1 Å². The number of ether oxygens (including phenoxy) is 2. The summed E-state index contributed by atoms with van der Waals surface area (Å²) in [4.78, 5) is 31.8. The van der Waals surface area contributed by atoms with Gasteiger partial charge in [-0.1, -0.05) is 36.4 Å². The Bertz CT molecular complexity index is 1460. The summed E-state index contributed by atoms with van der Waals surface area (Å²) in [7, 11) is -1.97. The number of carboxylic acid groups (broad SMARTS) is 2. The van der Waals surface area contributed by atoms with E-state index in [2.05, 4.69) is 10.2 Å². The van der Waals surface area contributed by atoms with Crippen LogP contribution in [0.5, 0.6) is 11.5 Å². The summed E-state index contributed by atoms with van der Waals surface area (Å²) < 4.78 is 39.2. The molecule has 1 aliphatic rings. The summed E-state index contributed by atoms with van der Waals surface area (Å²) in [6.45, 7) is 4.60. The molecular formula is C29H33N3O9S. The Hall–Kier alpha value is -4.46. The number of carbonyl (C=O) groups is 3. The van der Waals surface area contributed by atoms with Crippen molar-refractivity contribution in [1.82, 2.24) is 9.21 Å². The lowest BCUT2D eigenvalue weighted by molar-refractivity contribution is -0.159. The minimum absolute atomic E-state index is 0.200. The molecule has 1 aliphatic heterocycles. The molecule has 0 aliphatic carbocycles. The summed E-state index contributed by atoms with van der Waals surface area (Å²) >= 11 is 0. The van der Waals surface area contributed by atoms with E-state index < -0.39 is 22.0 Å². The third-order valence-corrected chi connectivity index (χ3v) is 8.11. The summed E-state index contributed by atoms with van der Waals surface area (Å²) in [6, 6.07) is 22.1. The lowest BCUT2D eigenvalue weighted by atomic mass is 10.1. The first kappa shape index (κ1) is 32.1. The van der Waals surface area contributed by atoms with E-state index in [0.717, 1.165) is 11.1 Å². The zero-order valence-electron chi connectivity index (χ0n) is 23.2. The van der Waals surface area contributed by atoms with E-state index in [-0.39, 0.29) is 10.8 Å². The van der Waals surface area contributed by atoms with Crippen molar-refractivity contribution in [3.8, 4) is 11.5 Å². The highest BCUT2D eigenvalue weighted by atomic mass is 32.2. The van der Waals surface area contributed by atoms with E-state index in [0.29, 0.717) is 56.5 Å². The predicted molar refractivity (Wildman–Crippen MR) is 154 cm³/mol. The van der Waals surface area contributed by atoms with Gasteiger partial charge in [0.15, 0.2) is 11.5 Å². The molecule has 42 heavy (non-hydrogen) atoms. The summed E-state index contributed by atoms with van der Waals surface area (Å²) in [5.74, 6) is -2.49. The number of anilines is 1. The normalized spacial score (nSPS) is 13.8. The Kier molecular flexibility index (Phi) is 11.4. The van der Waals surface area contributed by atoms with E-state index >= 15 is 0 Å². The highest BCUT2D eigenvalue weighted by Gasteiger charge is 2.28. The van der Waals surface area contributed by atoms with E-state index in [1.54, 1.807) is 19.2 Å². The molecule has 0 saturated carbocycles. The van der Waals surface area contributed by atoms with Gasteiger partial charge in [-0.2, -0.15) is 4.31 Å². The predicted octanol–water partition coefficient (Wildman–Crippen LogP) is 2.89. The number of carboxylic acids is 2. The van der Waals surface area contributed by atoms with Gasteiger partial charge in [0.25, 0.3) is 0 Å². The second-order valence-corrected chi connectivity index (χ2v) is 11.2. The van der Waals surface area contributed by atoms with Gasteiger partial charge in [0, 0.05) is 45.3 Å². The number of benzene rings is 3. The molecule has 4 rings (SSSR count). The van der Waals surface area contributed by atoms with Crippen molar-refractivity contribution < 1.29 is 42.5 Å². The lowest BCUT2D eigenvalue weighted by Crippen LogP contribution is -2.48. The largest absolute Gasteiger partial charge is 0.493 e. The molecule has 0 spiro atoms. The fourth-order valence-corrected chi connectivity index (χ4v) is 5.54. The molecular weight excluding hydrogens is 566 g/mol. The second-order valence-electron chi connectivity index (χ2n) is 9.26. The van der Waals surface area contributed by atoms with Gasteiger partial charge < -0.3 is 25.0 Å². The van der Waals surface area contributed by atoms with Gasteiger partial charge in [0.2, 0.25) is 15.9 Å². The maximum absolute atomic E-state index is 13.1. The van der Waals surface area contributed by atoms with Gasteiger partial charge in [0.05, 0.1) is 12.0 Å². The standard InChI is InChI=1S/C27H31N3O5S.C2H2O4/c1-21(31)28-24-9-11-25(12-10-24)36(32,33)30-16-14-29(15-17-30)19-23-8-13-26(34-2)27(18-23)35-20-22-6-4-3-5-7-22;3-1(4)2(5)6/h3-13,18H,14-17,19-20H2,1-2H3,(H,28,31);(H,3,4)(H,5,6). The van der Waals surface area contributed by atoms with Crippen LogP contribution in [0.2, 0.25) is 0 Å². The third kappa shape index (κ3) is 9.29. The number of piperazine rings is 1. The molecule has 0 aromatic heterocycles. The maximum Gasteiger partial charge on any atom is 0.414 e. The van der Waals surface area contributed by atoms with Gasteiger partial charge >= 0.3 is 11.9 Å². The van der Waals surface area contributed by atoms with Crippen molar-refractivity contribution in [2.75, 3.05) is 38.6 Å². The molecule has 13 heteroatoms. The second kappa shape index (κ2) is 15.0. The quantitative estimate of drug-likeness (QED) is 0.312. The summed E-state index contributed by atoms with van der Waals surface area (Å²) in [5.41, 5.74) is 2.72.